The van der Waals surface area contributed by atoms with Gasteiger partial charge < -0.3 is 5.11 Å². The molecular weight excluding hydrogens is 453 g/mol. The fourth-order valence-corrected chi connectivity index (χ4v) is 5.09. The van der Waals surface area contributed by atoms with Crippen molar-refractivity contribution in [1.29, 1.82) is 0 Å². The summed E-state index contributed by atoms with van der Waals surface area (Å²) in [7, 11) is 0. The molecule has 1 unspecified atom stereocenters. The minimum absolute atomic E-state index is 0.0151. The topological polar surface area (TPSA) is 50.2 Å². The average molecular weight is 478 g/mol. The number of pyridine rings is 1. The zero-order valence-corrected chi connectivity index (χ0v) is 20.1. The molecule has 4 rings (SSSR count). The van der Waals surface area contributed by atoms with E-state index in [1.807, 2.05) is 49.5 Å². The molecule has 168 valence electrons. The second-order valence-electron chi connectivity index (χ2n) is 8.37. The molecule has 0 saturated heterocycles. The molecule has 0 aliphatic rings. The molecule has 0 saturated carbocycles. The molecule has 0 spiro atoms. The van der Waals surface area contributed by atoms with Gasteiger partial charge in [-0.2, -0.15) is 0 Å². The molecule has 0 aliphatic carbocycles. The van der Waals surface area contributed by atoms with Crippen molar-refractivity contribution in [2.45, 2.75) is 38.5 Å². The van der Waals surface area contributed by atoms with Crippen LogP contribution >= 0.6 is 23.2 Å². The Labute approximate surface area is 204 Å². The Bertz CT molecular complexity index is 1280. The molecule has 1 N–H and O–H groups in total. The summed E-state index contributed by atoms with van der Waals surface area (Å²) in [5.41, 5.74) is 5.65. The molecule has 3 nitrogen and oxygen atoms in total. The van der Waals surface area contributed by atoms with Crippen LogP contribution in [0.15, 0.2) is 72.9 Å². The third-order valence-corrected chi connectivity index (χ3v) is 6.66. The van der Waals surface area contributed by atoms with Crippen molar-refractivity contribution < 1.29 is 9.90 Å². The Morgan fingerprint density at radius 3 is 2.24 bits per heavy atom. The number of aryl methyl sites for hydroxylation is 1. The largest absolute Gasteiger partial charge is 0.478 e. The number of nitrogens with zero attached hydrogens (tertiary/aromatic N) is 1. The molecule has 0 bridgehead atoms. The van der Waals surface area contributed by atoms with Gasteiger partial charge in [-0.15, -0.1) is 0 Å². The number of carbonyl (C=O) groups is 1. The van der Waals surface area contributed by atoms with Gasteiger partial charge in [-0.25, -0.2) is 4.79 Å². The van der Waals surface area contributed by atoms with E-state index in [4.69, 9.17) is 23.2 Å². The van der Waals surface area contributed by atoms with Crippen LogP contribution in [-0.2, 0) is 0 Å². The number of benzene rings is 3. The van der Waals surface area contributed by atoms with Crippen molar-refractivity contribution in [2.24, 2.45) is 0 Å². The van der Waals surface area contributed by atoms with Gasteiger partial charge in [-0.05, 0) is 84.0 Å². The van der Waals surface area contributed by atoms with Crippen molar-refractivity contribution in [2.75, 3.05) is 0 Å². The molecule has 1 heterocycles. The van der Waals surface area contributed by atoms with Gasteiger partial charge >= 0.3 is 5.97 Å². The fraction of sp³-hybridized carbons (Fsp3) is 0.214. The van der Waals surface area contributed by atoms with E-state index in [-0.39, 0.29) is 17.4 Å². The van der Waals surface area contributed by atoms with E-state index >= 15 is 0 Å². The number of aromatic carboxylic acids is 1. The lowest BCUT2D eigenvalue weighted by atomic mass is 9.74. The van der Waals surface area contributed by atoms with Gasteiger partial charge in [0.25, 0.3) is 0 Å². The van der Waals surface area contributed by atoms with Crippen LogP contribution in [0, 0.1) is 6.92 Å². The number of hydrogen-bond acceptors (Lipinski definition) is 2. The molecule has 0 radical (unpaired) electrons. The lowest BCUT2D eigenvalue weighted by Gasteiger charge is -2.30. The second kappa shape index (κ2) is 9.94. The first-order valence-electron chi connectivity index (χ1n) is 11.0. The standard InChI is InChI=1S/C28H25Cl2NO2/c1-3-4-23(18-5-7-20(8-6-18)28(32)33)26(19-9-11-21(29)12-10-19)24-13-14-31-27-17(2)15-22(30)16-25(24)27/h5-16,23,26H,3-4H2,1-2H3,(H,32,33)/t23-,26?/m1/s1. The van der Waals surface area contributed by atoms with Gasteiger partial charge in [0.05, 0.1) is 11.1 Å². The maximum absolute atomic E-state index is 11.4. The molecule has 33 heavy (non-hydrogen) atoms. The van der Waals surface area contributed by atoms with Gasteiger partial charge in [0.1, 0.15) is 0 Å². The molecule has 1 aromatic heterocycles. The van der Waals surface area contributed by atoms with Crippen LogP contribution in [-0.4, -0.2) is 16.1 Å². The molecule has 4 aromatic rings. The molecule has 0 fully saturated rings. The summed E-state index contributed by atoms with van der Waals surface area (Å²) in [5, 5.41) is 11.8. The van der Waals surface area contributed by atoms with Gasteiger partial charge in [0, 0.05) is 27.5 Å². The van der Waals surface area contributed by atoms with Crippen LogP contribution in [0.1, 0.15) is 64.2 Å². The van der Waals surface area contributed by atoms with Crippen LogP contribution in [0.25, 0.3) is 10.9 Å². The van der Waals surface area contributed by atoms with E-state index in [0.29, 0.717) is 10.0 Å². The van der Waals surface area contributed by atoms with Gasteiger partial charge in [0.2, 0.25) is 0 Å². The smallest absolute Gasteiger partial charge is 0.335 e. The van der Waals surface area contributed by atoms with E-state index in [0.717, 1.165) is 46.0 Å². The maximum atomic E-state index is 11.4. The summed E-state index contributed by atoms with van der Waals surface area (Å²) in [6, 6.07) is 21.2. The molecule has 0 amide bonds. The average Bonchev–Trinajstić information content (AvgIpc) is 2.80. The third-order valence-electron chi connectivity index (χ3n) is 6.19. The number of halogens is 2. The lowest BCUT2D eigenvalue weighted by Crippen LogP contribution is -2.14. The highest BCUT2D eigenvalue weighted by Gasteiger charge is 2.28. The van der Waals surface area contributed by atoms with Crippen molar-refractivity contribution in [3.8, 4) is 0 Å². The minimum atomic E-state index is -0.923. The highest BCUT2D eigenvalue weighted by molar-refractivity contribution is 6.31. The SMILES string of the molecule is CCC[C@H](c1ccc(C(=O)O)cc1)C(c1ccc(Cl)cc1)c1ccnc2c(C)cc(Cl)cc12. The Hall–Kier alpha value is -2.88. The summed E-state index contributed by atoms with van der Waals surface area (Å²) in [6.45, 7) is 4.19. The normalized spacial score (nSPS) is 13.1. The van der Waals surface area contributed by atoms with Gasteiger partial charge in [-0.1, -0.05) is 60.8 Å². The maximum Gasteiger partial charge on any atom is 0.335 e. The highest BCUT2D eigenvalue weighted by atomic mass is 35.5. The lowest BCUT2D eigenvalue weighted by molar-refractivity contribution is 0.0697. The van der Waals surface area contributed by atoms with Crippen molar-refractivity contribution >= 4 is 40.1 Å². The predicted octanol–water partition coefficient (Wildman–Crippen LogP) is 8.26. The number of aromatic nitrogens is 1. The van der Waals surface area contributed by atoms with Crippen molar-refractivity contribution in [3.63, 3.8) is 0 Å². The van der Waals surface area contributed by atoms with Crippen LogP contribution in [0.4, 0.5) is 0 Å². The zero-order chi connectivity index (χ0) is 23.5. The number of fused-ring (bicyclic) bond motifs is 1. The molecular formula is C28H25Cl2NO2. The molecule has 2 atom stereocenters. The first-order chi connectivity index (χ1) is 15.9. The Morgan fingerprint density at radius 1 is 0.939 bits per heavy atom. The summed E-state index contributed by atoms with van der Waals surface area (Å²) >= 11 is 12.7. The minimum Gasteiger partial charge on any atom is -0.478 e. The monoisotopic (exact) mass is 477 g/mol. The zero-order valence-electron chi connectivity index (χ0n) is 18.6. The summed E-state index contributed by atoms with van der Waals surface area (Å²) in [4.78, 5) is 16.0. The molecule has 3 aromatic carbocycles. The number of carboxylic acids is 1. The van der Waals surface area contributed by atoms with Gasteiger partial charge in [0.15, 0.2) is 0 Å². The number of rotatable bonds is 7. The number of hydrogen-bond donors (Lipinski definition) is 1. The Morgan fingerprint density at radius 2 is 1.61 bits per heavy atom. The van der Waals surface area contributed by atoms with Crippen LogP contribution in [0.5, 0.6) is 0 Å². The summed E-state index contributed by atoms with van der Waals surface area (Å²) < 4.78 is 0. The summed E-state index contributed by atoms with van der Waals surface area (Å²) in [5.74, 6) is -0.779. The van der Waals surface area contributed by atoms with E-state index in [2.05, 4.69) is 30.1 Å². The molecule has 5 heteroatoms. The van der Waals surface area contributed by atoms with Crippen molar-refractivity contribution in [1.82, 2.24) is 4.98 Å². The third kappa shape index (κ3) is 4.90. The van der Waals surface area contributed by atoms with Crippen LogP contribution < -0.4 is 0 Å². The first kappa shape index (κ1) is 23.3. The van der Waals surface area contributed by atoms with Crippen molar-refractivity contribution in [3.05, 3.63) is 111 Å². The fourth-order valence-electron chi connectivity index (χ4n) is 4.69. The predicted molar refractivity (Wildman–Crippen MR) is 136 cm³/mol. The Balaban J connectivity index is 1.96. The molecule has 0 aliphatic heterocycles. The number of carboxylic acid groups (broad SMARTS) is 1. The van der Waals surface area contributed by atoms with E-state index in [9.17, 15) is 9.90 Å². The van der Waals surface area contributed by atoms with E-state index in [1.165, 1.54) is 0 Å². The van der Waals surface area contributed by atoms with E-state index in [1.54, 1.807) is 12.1 Å². The second-order valence-corrected chi connectivity index (χ2v) is 9.24. The first-order valence-corrected chi connectivity index (χ1v) is 11.8. The van der Waals surface area contributed by atoms with Crippen LogP contribution in [0.3, 0.4) is 0 Å². The quantitative estimate of drug-likeness (QED) is 0.291. The van der Waals surface area contributed by atoms with Gasteiger partial charge in [-0.3, -0.25) is 4.98 Å². The van der Waals surface area contributed by atoms with Crippen LogP contribution in [0.2, 0.25) is 10.0 Å². The van der Waals surface area contributed by atoms with E-state index < -0.39 is 5.97 Å². The summed E-state index contributed by atoms with van der Waals surface area (Å²) in [6.07, 6.45) is 3.78. The highest BCUT2D eigenvalue weighted by Crippen LogP contribution is 2.44. The Kier molecular flexibility index (Phi) is 7.02.